The summed E-state index contributed by atoms with van der Waals surface area (Å²) in [5.41, 5.74) is 2.34. The van der Waals surface area contributed by atoms with Crippen molar-refractivity contribution in [1.82, 2.24) is 10.2 Å². The van der Waals surface area contributed by atoms with E-state index in [2.05, 4.69) is 10.6 Å². The summed E-state index contributed by atoms with van der Waals surface area (Å²) in [4.78, 5) is 51.5. The normalized spacial score (nSPS) is 12.6. The van der Waals surface area contributed by atoms with Crippen molar-refractivity contribution in [3.63, 3.8) is 0 Å². The number of carbonyl (C=O) groups excluding carboxylic acids is 4. The van der Waals surface area contributed by atoms with E-state index < -0.39 is 17.7 Å². The lowest BCUT2D eigenvalue weighted by molar-refractivity contribution is 0.0631. The molecule has 0 radical (unpaired) electrons. The predicted octanol–water partition coefficient (Wildman–Crippen LogP) is 3.39. The Bertz CT molecular complexity index is 1230. The minimum absolute atomic E-state index is 0.0205. The van der Waals surface area contributed by atoms with Gasteiger partial charge in [-0.3, -0.25) is 24.1 Å². The van der Waals surface area contributed by atoms with Crippen LogP contribution in [-0.4, -0.2) is 35.1 Å². The van der Waals surface area contributed by atoms with E-state index in [-0.39, 0.29) is 29.1 Å². The van der Waals surface area contributed by atoms with Gasteiger partial charge in [0, 0.05) is 23.4 Å². The highest BCUT2D eigenvalue weighted by molar-refractivity contribution is 6.22. The lowest BCUT2D eigenvalue weighted by atomic mass is 10.0. The number of hydrogen-bond acceptors (Lipinski definition) is 5. The summed E-state index contributed by atoms with van der Waals surface area (Å²) in [6.45, 7) is 4.15. The number of anilines is 1. The van der Waals surface area contributed by atoms with Gasteiger partial charge in [0.2, 0.25) is 0 Å². The van der Waals surface area contributed by atoms with Crippen LogP contribution in [0, 0.1) is 6.92 Å². The number of carbonyl (C=O) groups is 4. The molecule has 0 unspecified atom stereocenters. The SMILES string of the molecule is CCNC(=O)c1ccc(C)c(NC(=O)c2ccc3c(c2)C(=O)N(Cc2ccco2)C3=O)c1. The highest BCUT2D eigenvalue weighted by Gasteiger charge is 2.36. The number of hydrogen-bond donors (Lipinski definition) is 2. The molecule has 2 N–H and O–H groups in total. The molecule has 162 valence electrons. The summed E-state index contributed by atoms with van der Waals surface area (Å²) in [7, 11) is 0. The quantitative estimate of drug-likeness (QED) is 0.582. The van der Waals surface area contributed by atoms with Gasteiger partial charge >= 0.3 is 0 Å². The first-order valence-corrected chi connectivity index (χ1v) is 10.1. The Morgan fingerprint density at radius 3 is 2.38 bits per heavy atom. The smallest absolute Gasteiger partial charge is 0.261 e. The molecule has 4 amide bonds. The van der Waals surface area contributed by atoms with Gasteiger partial charge in [-0.2, -0.15) is 0 Å². The molecule has 1 aromatic heterocycles. The monoisotopic (exact) mass is 431 g/mol. The van der Waals surface area contributed by atoms with Crippen LogP contribution >= 0.6 is 0 Å². The molecule has 0 bridgehead atoms. The van der Waals surface area contributed by atoms with E-state index in [0.717, 1.165) is 10.5 Å². The van der Waals surface area contributed by atoms with Crippen molar-refractivity contribution in [2.45, 2.75) is 20.4 Å². The maximum Gasteiger partial charge on any atom is 0.261 e. The molecule has 0 spiro atoms. The molecule has 3 aromatic rings. The number of rotatable bonds is 6. The zero-order valence-corrected chi connectivity index (χ0v) is 17.6. The molecule has 1 aliphatic rings. The van der Waals surface area contributed by atoms with E-state index in [9.17, 15) is 19.2 Å². The van der Waals surface area contributed by atoms with Crippen molar-refractivity contribution in [1.29, 1.82) is 0 Å². The highest BCUT2D eigenvalue weighted by Crippen LogP contribution is 2.26. The standard InChI is InChI=1S/C24H21N3O5/c1-3-25-21(28)16-7-6-14(2)20(12-16)26-22(29)15-8-9-18-19(11-15)24(31)27(23(18)30)13-17-5-4-10-32-17/h4-12H,3,13H2,1-2H3,(H,25,28)(H,26,29). The number of furan rings is 1. The van der Waals surface area contributed by atoms with Crippen LogP contribution in [0.5, 0.6) is 0 Å². The average molecular weight is 431 g/mol. The van der Waals surface area contributed by atoms with Crippen LogP contribution in [0.1, 0.15) is 59.7 Å². The summed E-state index contributed by atoms with van der Waals surface area (Å²) in [5, 5.41) is 5.50. The summed E-state index contributed by atoms with van der Waals surface area (Å²) in [5.74, 6) is -1.11. The largest absolute Gasteiger partial charge is 0.467 e. The van der Waals surface area contributed by atoms with E-state index in [1.165, 1.54) is 24.5 Å². The maximum atomic E-state index is 12.9. The summed E-state index contributed by atoms with van der Waals surface area (Å²) < 4.78 is 5.23. The van der Waals surface area contributed by atoms with Crippen LogP contribution in [-0.2, 0) is 6.54 Å². The Kier molecular flexibility index (Phi) is 5.59. The highest BCUT2D eigenvalue weighted by atomic mass is 16.3. The van der Waals surface area contributed by atoms with Gasteiger partial charge in [-0.15, -0.1) is 0 Å². The number of amides is 4. The van der Waals surface area contributed by atoms with Crippen molar-refractivity contribution in [3.8, 4) is 0 Å². The van der Waals surface area contributed by atoms with Gasteiger partial charge in [0.25, 0.3) is 23.6 Å². The molecule has 0 saturated carbocycles. The molecular formula is C24H21N3O5. The molecule has 8 heteroatoms. The Morgan fingerprint density at radius 1 is 0.938 bits per heavy atom. The molecule has 4 rings (SSSR count). The Hall–Kier alpha value is -4.20. The number of fused-ring (bicyclic) bond motifs is 1. The summed E-state index contributed by atoms with van der Waals surface area (Å²) in [6, 6.07) is 12.8. The van der Waals surface area contributed by atoms with Gasteiger partial charge in [-0.1, -0.05) is 6.07 Å². The molecule has 1 aliphatic heterocycles. The van der Waals surface area contributed by atoms with Crippen LogP contribution in [0.4, 0.5) is 5.69 Å². The second-order valence-electron chi connectivity index (χ2n) is 7.38. The maximum absolute atomic E-state index is 12.9. The van der Waals surface area contributed by atoms with Crippen molar-refractivity contribution in [2.24, 2.45) is 0 Å². The second kappa shape index (κ2) is 8.50. The predicted molar refractivity (Wildman–Crippen MR) is 116 cm³/mol. The number of nitrogens with one attached hydrogen (secondary N) is 2. The minimum Gasteiger partial charge on any atom is -0.467 e. The van der Waals surface area contributed by atoms with Crippen LogP contribution in [0.15, 0.2) is 59.2 Å². The zero-order chi connectivity index (χ0) is 22.8. The van der Waals surface area contributed by atoms with E-state index in [0.29, 0.717) is 23.6 Å². The Balaban J connectivity index is 1.56. The van der Waals surface area contributed by atoms with Crippen molar-refractivity contribution < 1.29 is 23.6 Å². The molecular weight excluding hydrogens is 410 g/mol. The first-order valence-electron chi connectivity index (χ1n) is 10.1. The topological polar surface area (TPSA) is 109 Å². The molecule has 2 heterocycles. The van der Waals surface area contributed by atoms with Gasteiger partial charge in [-0.25, -0.2) is 0 Å². The fourth-order valence-corrected chi connectivity index (χ4v) is 3.49. The number of benzene rings is 2. The van der Waals surface area contributed by atoms with Gasteiger partial charge in [0.05, 0.1) is 23.9 Å². The molecule has 8 nitrogen and oxygen atoms in total. The number of aryl methyl sites for hydroxylation is 1. The molecule has 0 fully saturated rings. The zero-order valence-electron chi connectivity index (χ0n) is 17.6. The van der Waals surface area contributed by atoms with Crippen molar-refractivity contribution in [2.75, 3.05) is 11.9 Å². The van der Waals surface area contributed by atoms with Crippen LogP contribution in [0.25, 0.3) is 0 Å². The van der Waals surface area contributed by atoms with Gasteiger partial charge < -0.3 is 15.1 Å². The van der Waals surface area contributed by atoms with Gasteiger partial charge in [0.15, 0.2) is 0 Å². The van der Waals surface area contributed by atoms with Crippen molar-refractivity contribution in [3.05, 3.63) is 88.4 Å². The molecule has 0 saturated heterocycles. The summed E-state index contributed by atoms with van der Waals surface area (Å²) in [6.07, 6.45) is 1.47. The molecule has 0 aliphatic carbocycles. The number of imide groups is 1. The summed E-state index contributed by atoms with van der Waals surface area (Å²) >= 11 is 0. The lowest BCUT2D eigenvalue weighted by Gasteiger charge is -2.11. The lowest BCUT2D eigenvalue weighted by Crippen LogP contribution is -2.28. The van der Waals surface area contributed by atoms with E-state index in [1.54, 1.807) is 30.3 Å². The molecule has 2 aromatic carbocycles. The van der Waals surface area contributed by atoms with E-state index >= 15 is 0 Å². The molecule has 0 atom stereocenters. The third kappa shape index (κ3) is 3.90. The van der Waals surface area contributed by atoms with Gasteiger partial charge in [-0.05, 0) is 61.9 Å². The first kappa shape index (κ1) is 21.0. The number of nitrogens with zero attached hydrogens (tertiary/aromatic N) is 1. The Morgan fingerprint density at radius 2 is 1.66 bits per heavy atom. The third-order valence-corrected chi connectivity index (χ3v) is 5.21. The van der Waals surface area contributed by atoms with Gasteiger partial charge in [0.1, 0.15) is 5.76 Å². The van der Waals surface area contributed by atoms with Crippen LogP contribution < -0.4 is 10.6 Å². The minimum atomic E-state index is -0.481. The second-order valence-corrected chi connectivity index (χ2v) is 7.38. The average Bonchev–Trinajstić information content (AvgIpc) is 3.38. The van der Waals surface area contributed by atoms with Crippen LogP contribution in [0.3, 0.4) is 0 Å². The van der Waals surface area contributed by atoms with E-state index in [4.69, 9.17) is 4.42 Å². The fourth-order valence-electron chi connectivity index (χ4n) is 3.49. The van der Waals surface area contributed by atoms with Crippen LogP contribution in [0.2, 0.25) is 0 Å². The Labute approximate surface area is 184 Å². The molecule has 32 heavy (non-hydrogen) atoms. The first-order chi connectivity index (χ1) is 15.4. The fraction of sp³-hybridized carbons (Fsp3) is 0.167. The van der Waals surface area contributed by atoms with Crippen molar-refractivity contribution >= 4 is 29.3 Å². The third-order valence-electron chi connectivity index (χ3n) is 5.21. The van der Waals surface area contributed by atoms with E-state index in [1.807, 2.05) is 13.8 Å².